The molecular formula is C19H24N4OS. The number of phenolic OH excluding ortho intramolecular Hbond substituents is 1. The van der Waals surface area contributed by atoms with Crippen molar-refractivity contribution < 1.29 is 5.11 Å². The van der Waals surface area contributed by atoms with Crippen molar-refractivity contribution in [3.63, 3.8) is 0 Å². The lowest BCUT2D eigenvalue weighted by Crippen LogP contribution is -2.31. The summed E-state index contributed by atoms with van der Waals surface area (Å²) in [6.45, 7) is 6.59. The van der Waals surface area contributed by atoms with Gasteiger partial charge in [-0.1, -0.05) is 30.3 Å². The summed E-state index contributed by atoms with van der Waals surface area (Å²) in [4.78, 5) is 2.17. The largest absolute Gasteiger partial charge is 0.507 e. The van der Waals surface area contributed by atoms with Crippen LogP contribution in [-0.4, -0.2) is 29.5 Å². The van der Waals surface area contributed by atoms with Gasteiger partial charge in [0.2, 0.25) is 0 Å². The van der Waals surface area contributed by atoms with Crippen molar-refractivity contribution >= 4 is 29.2 Å². The van der Waals surface area contributed by atoms with E-state index in [4.69, 9.17) is 12.2 Å². The zero-order chi connectivity index (χ0) is 18.1. The molecule has 25 heavy (non-hydrogen) atoms. The maximum Gasteiger partial charge on any atom is 0.187 e. The Bertz CT molecular complexity index is 715. The molecule has 0 aliphatic carbocycles. The summed E-state index contributed by atoms with van der Waals surface area (Å²) in [7, 11) is 0. The summed E-state index contributed by atoms with van der Waals surface area (Å²) in [5.41, 5.74) is 5.52. The molecule has 0 spiro atoms. The summed E-state index contributed by atoms with van der Waals surface area (Å²) in [5.74, 6) is 0.193. The zero-order valence-corrected chi connectivity index (χ0v) is 15.4. The number of phenols is 1. The molecule has 0 atom stereocenters. The van der Waals surface area contributed by atoms with Gasteiger partial charge < -0.3 is 15.3 Å². The summed E-state index contributed by atoms with van der Waals surface area (Å²) < 4.78 is 0. The van der Waals surface area contributed by atoms with E-state index in [-0.39, 0.29) is 5.75 Å². The Balaban J connectivity index is 1.87. The number of hydrazone groups is 1. The third kappa shape index (κ3) is 5.76. The van der Waals surface area contributed by atoms with Gasteiger partial charge in [0, 0.05) is 37.0 Å². The molecule has 132 valence electrons. The molecule has 0 saturated carbocycles. The first-order valence-corrected chi connectivity index (χ1v) is 8.73. The molecule has 3 N–H and O–H groups in total. The van der Waals surface area contributed by atoms with Crippen molar-refractivity contribution in [3.8, 4) is 5.75 Å². The number of rotatable bonds is 7. The van der Waals surface area contributed by atoms with E-state index in [9.17, 15) is 5.11 Å². The highest BCUT2D eigenvalue weighted by atomic mass is 32.1. The lowest BCUT2D eigenvalue weighted by molar-refractivity contribution is 0.474. The van der Waals surface area contributed by atoms with Crippen LogP contribution in [0.4, 0.5) is 5.69 Å². The van der Waals surface area contributed by atoms with Gasteiger partial charge >= 0.3 is 0 Å². The minimum absolute atomic E-state index is 0.193. The molecule has 0 bridgehead atoms. The zero-order valence-electron chi connectivity index (χ0n) is 14.6. The average molecular weight is 356 g/mol. The van der Waals surface area contributed by atoms with Crippen molar-refractivity contribution in [2.24, 2.45) is 5.10 Å². The highest BCUT2D eigenvalue weighted by Crippen LogP contribution is 2.23. The summed E-state index contributed by atoms with van der Waals surface area (Å²) in [6.07, 6.45) is 1.55. The number of thiocarbonyl (C=S) groups is 1. The second-order valence-corrected chi connectivity index (χ2v) is 5.86. The molecule has 0 fully saturated rings. The number of hydrogen-bond acceptors (Lipinski definition) is 4. The molecule has 6 heteroatoms. The van der Waals surface area contributed by atoms with Crippen LogP contribution in [0.3, 0.4) is 0 Å². The number of aromatic hydroxyl groups is 1. The van der Waals surface area contributed by atoms with Gasteiger partial charge in [-0.3, -0.25) is 5.43 Å². The molecule has 5 nitrogen and oxygen atoms in total. The smallest absolute Gasteiger partial charge is 0.187 e. The SMILES string of the molecule is CCN(CC)c1ccc(C=NNC(=S)NCc2ccccc2)c(O)c1. The molecule has 0 radical (unpaired) electrons. The highest BCUT2D eigenvalue weighted by Gasteiger charge is 2.05. The minimum atomic E-state index is 0.193. The molecular weight excluding hydrogens is 332 g/mol. The topological polar surface area (TPSA) is 59.9 Å². The summed E-state index contributed by atoms with van der Waals surface area (Å²) in [5, 5.41) is 17.7. The number of nitrogens with zero attached hydrogens (tertiary/aromatic N) is 2. The Morgan fingerprint density at radius 3 is 2.52 bits per heavy atom. The number of hydrogen-bond donors (Lipinski definition) is 3. The van der Waals surface area contributed by atoms with E-state index in [1.165, 1.54) is 0 Å². The molecule has 0 heterocycles. The van der Waals surface area contributed by atoms with Gasteiger partial charge in [-0.25, -0.2) is 0 Å². The van der Waals surface area contributed by atoms with Crippen LogP contribution in [0.1, 0.15) is 25.0 Å². The van der Waals surface area contributed by atoms with Gasteiger partial charge in [-0.15, -0.1) is 0 Å². The first kappa shape index (κ1) is 18.7. The number of anilines is 1. The second-order valence-electron chi connectivity index (χ2n) is 5.45. The van der Waals surface area contributed by atoms with E-state index in [1.54, 1.807) is 12.3 Å². The van der Waals surface area contributed by atoms with Gasteiger partial charge in [0.25, 0.3) is 0 Å². The highest BCUT2D eigenvalue weighted by molar-refractivity contribution is 7.80. The molecule has 2 rings (SSSR count). The Labute approximate surface area is 154 Å². The third-order valence-corrected chi connectivity index (χ3v) is 4.04. The van der Waals surface area contributed by atoms with E-state index < -0.39 is 0 Å². The maximum atomic E-state index is 10.2. The van der Waals surface area contributed by atoms with Gasteiger partial charge in [0.15, 0.2) is 5.11 Å². The lowest BCUT2D eigenvalue weighted by Gasteiger charge is -2.21. The van der Waals surface area contributed by atoms with Gasteiger partial charge in [0.05, 0.1) is 6.21 Å². The van der Waals surface area contributed by atoms with Crippen molar-refractivity contribution in [1.82, 2.24) is 10.7 Å². The summed E-state index contributed by atoms with van der Waals surface area (Å²) >= 11 is 5.18. The van der Waals surface area contributed by atoms with Crippen molar-refractivity contribution in [3.05, 3.63) is 59.7 Å². The van der Waals surface area contributed by atoms with Gasteiger partial charge in [-0.05, 0) is 43.8 Å². The van der Waals surface area contributed by atoms with Gasteiger partial charge in [-0.2, -0.15) is 5.10 Å². The second kappa shape index (κ2) is 9.64. The maximum absolute atomic E-state index is 10.2. The fourth-order valence-electron chi connectivity index (χ4n) is 2.40. The average Bonchev–Trinajstić information content (AvgIpc) is 2.63. The standard InChI is InChI=1S/C19H24N4OS/c1-3-23(4-2)17-11-10-16(18(24)12-17)14-21-22-19(25)20-13-15-8-6-5-7-9-15/h5-12,14,24H,3-4,13H2,1-2H3,(H2,20,22,25). The first-order valence-electron chi connectivity index (χ1n) is 8.32. The van der Waals surface area contributed by atoms with E-state index in [2.05, 4.69) is 34.6 Å². The fourth-order valence-corrected chi connectivity index (χ4v) is 2.53. The van der Waals surface area contributed by atoms with Crippen LogP contribution < -0.4 is 15.6 Å². The monoisotopic (exact) mass is 356 g/mol. The normalized spacial score (nSPS) is 10.6. The Hall–Kier alpha value is -2.60. The predicted molar refractivity (Wildman–Crippen MR) is 108 cm³/mol. The molecule has 2 aromatic rings. The minimum Gasteiger partial charge on any atom is -0.507 e. The molecule has 0 aromatic heterocycles. The molecule has 0 aliphatic rings. The first-order chi connectivity index (χ1) is 12.1. The molecule has 0 saturated heterocycles. The van der Waals surface area contributed by atoms with Crippen LogP contribution in [0.5, 0.6) is 5.75 Å². The third-order valence-electron chi connectivity index (χ3n) is 3.81. The van der Waals surface area contributed by atoms with Crippen LogP contribution >= 0.6 is 12.2 Å². The number of nitrogens with one attached hydrogen (secondary N) is 2. The fraction of sp³-hybridized carbons (Fsp3) is 0.263. The van der Waals surface area contributed by atoms with E-state index in [0.717, 1.165) is 24.3 Å². The van der Waals surface area contributed by atoms with E-state index in [0.29, 0.717) is 17.2 Å². The van der Waals surface area contributed by atoms with E-state index in [1.807, 2.05) is 42.5 Å². The molecule has 0 unspecified atom stereocenters. The van der Waals surface area contributed by atoms with Crippen molar-refractivity contribution in [1.29, 1.82) is 0 Å². The van der Waals surface area contributed by atoms with Crippen LogP contribution in [0.2, 0.25) is 0 Å². The van der Waals surface area contributed by atoms with Crippen molar-refractivity contribution in [2.75, 3.05) is 18.0 Å². The van der Waals surface area contributed by atoms with Crippen molar-refractivity contribution in [2.45, 2.75) is 20.4 Å². The molecule has 0 amide bonds. The Morgan fingerprint density at radius 1 is 1.16 bits per heavy atom. The Kier molecular flexibility index (Phi) is 7.22. The quantitative estimate of drug-likeness (QED) is 0.404. The molecule has 2 aromatic carbocycles. The van der Waals surface area contributed by atoms with Crippen LogP contribution in [0.25, 0.3) is 0 Å². The lowest BCUT2D eigenvalue weighted by atomic mass is 10.2. The van der Waals surface area contributed by atoms with Crippen LogP contribution in [0, 0.1) is 0 Å². The van der Waals surface area contributed by atoms with Crippen LogP contribution in [0.15, 0.2) is 53.6 Å². The summed E-state index contributed by atoms with van der Waals surface area (Å²) in [6, 6.07) is 15.5. The van der Waals surface area contributed by atoms with E-state index >= 15 is 0 Å². The predicted octanol–water partition coefficient (Wildman–Crippen LogP) is 3.24. The molecule has 0 aliphatic heterocycles. The van der Waals surface area contributed by atoms with Gasteiger partial charge in [0.1, 0.15) is 5.75 Å². The van der Waals surface area contributed by atoms with Crippen LogP contribution in [-0.2, 0) is 6.54 Å². The Morgan fingerprint density at radius 2 is 1.88 bits per heavy atom. The number of benzene rings is 2.